The molecule has 0 aromatic rings. The van der Waals surface area contributed by atoms with Crippen LogP contribution in [0.25, 0.3) is 0 Å². The highest BCUT2D eigenvalue weighted by molar-refractivity contribution is 5.78. The van der Waals surface area contributed by atoms with Gasteiger partial charge in [0.2, 0.25) is 5.91 Å². The van der Waals surface area contributed by atoms with Gasteiger partial charge in [0.15, 0.2) is 0 Å². The third kappa shape index (κ3) is 2.12. The number of carboxylic acids is 1. The number of carbonyl (C=O) groups is 2. The van der Waals surface area contributed by atoms with E-state index in [1.54, 1.807) is 4.90 Å². The maximum atomic E-state index is 11.5. The van der Waals surface area contributed by atoms with Gasteiger partial charge in [-0.3, -0.25) is 9.59 Å². The number of carbonyl (C=O) groups excluding carboxylic acids is 1. The molecule has 0 radical (unpaired) electrons. The second kappa shape index (κ2) is 4.18. The molecule has 1 amide bonds. The second-order valence-electron chi connectivity index (χ2n) is 4.14. The quantitative estimate of drug-likeness (QED) is 0.706. The molecule has 2 atom stereocenters. The summed E-state index contributed by atoms with van der Waals surface area (Å²) >= 11 is 0. The van der Waals surface area contributed by atoms with Crippen LogP contribution in [0.15, 0.2) is 0 Å². The fraction of sp³-hybridized carbons (Fsp3) is 0.800. The first-order valence-electron chi connectivity index (χ1n) is 5.28. The monoisotopic (exact) mass is 213 g/mol. The van der Waals surface area contributed by atoms with Crippen molar-refractivity contribution < 1.29 is 19.4 Å². The fourth-order valence-corrected chi connectivity index (χ4v) is 2.38. The van der Waals surface area contributed by atoms with Gasteiger partial charge in [0, 0.05) is 12.6 Å². The van der Waals surface area contributed by atoms with Gasteiger partial charge in [-0.05, 0) is 19.3 Å². The van der Waals surface area contributed by atoms with Crippen LogP contribution in [0.4, 0.5) is 0 Å². The Morgan fingerprint density at radius 1 is 1.47 bits per heavy atom. The van der Waals surface area contributed by atoms with Crippen LogP contribution >= 0.6 is 0 Å². The minimum Gasteiger partial charge on any atom is -0.481 e. The number of nitrogens with zero attached hydrogens (tertiary/aromatic N) is 1. The second-order valence-corrected chi connectivity index (χ2v) is 4.14. The third-order valence-electron chi connectivity index (χ3n) is 3.22. The summed E-state index contributed by atoms with van der Waals surface area (Å²) in [6.07, 6.45) is 2.09. The molecule has 1 saturated heterocycles. The normalized spacial score (nSPS) is 32.0. The maximum absolute atomic E-state index is 11.5. The minimum absolute atomic E-state index is 0.00251. The summed E-state index contributed by atoms with van der Waals surface area (Å²) in [4.78, 5) is 24.1. The van der Waals surface area contributed by atoms with Gasteiger partial charge in [-0.2, -0.15) is 0 Å². The average Bonchev–Trinajstić information content (AvgIpc) is 2.67. The van der Waals surface area contributed by atoms with E-state index in [1.165, 1.54) is 0 Å². The minimum atomic E-state index is -0.738. The Labute approximate surface area is 88.0 Å². The zero-order valence-corrected chi connectivity index (χ0v) is 8.52. The van der Waals surface area contributed by atoms with Gasteiger partial charge in [0.1, 0.15) is 6.61 Å². The van der Waals surface area contributed by atoms with Crippen LogP contribution in [-0.4, -0.2) is 47.7 Å². The standard InChI is InChI=1S/C10H15NO4/c12-9-6-15-4-3-11(9)8-2-1-7(5-8)10(13)14/h7-8H,1-6H2,(H,13,14). The molecule has 5 nitrogen and oxygen atoms in total. The molecule has 2 fully saturated rings. The number of amides is 1. The van der Waals surface area contributed by atoms with Crippen LogP contribution in [0.3, 0.4) is 0 Å². The van der Waals surface area contributed by atoms with Gasteiger partial charge in [0.05, 0.1) is 12.5 Å². The molecule has 5 heteroatoms. The van der Waals surface area contributed by atoms with E-state index in [0.29, 0.717) is 26.0 Å². The molecule has 1 aliphatic heterocycles. The molecule has 1 heterocycles. The molecule has 0 spiro atoms. The van der Waals surface area contributed by atoms with E-state index in [1.807, 2.05) is 0 Å². The number of aliphatic carboxylic acids is 1. The van der Waals surface area contributed by atoms with E-state index in [4.69, 9.17) is 9.84 Å². The first kappa shape index (κ1) is 10.4. The van der Waals surface area contributed by atoms with Gasteiger partial charge < -0.3 is 14.7 Å². The molecule has 1 aliphatic carbocycles. The summed E-state index contributed by atoms with van der Waals surface area (Å²) in [5, 5.41) is 8.87. The molecule has 84 valence electrons. The first-order valence-corrected chi connectivity index (χ1v) is 5.28. The molecule has 15 heavy (non-hydrogen) atoms. The van der Waals surface area contributed by atoms with Crippen molar-refractivity contribution in [3.8, 4) is 0 Å². The molecule has 1 N–H and O–H groups in total. The summed E-state index contributed by atoms with van der Waals surface area (Å²) < 4.78 is 5.04. The highest BCUT2D eigenvalue weighted by Gasteiger charge is 2.35. The van der Waals surface area contributed by atoms with Gasteiger partial charge in [-0.25, -0.2) is 0 Å². The lowest BCUT2D eigenvalue weighted by Gasteiger charge is -2.32. The number of carboxylic acid groups (broad SMARTS) is 1. The Bertz CT molecular complexity index is 279. The lowest BCUT2D eigenvalue weighted by molar-refractivity contribution is -0.147. The number of morpholine rings is 1. The van der Waals surface area contributed by atoms with Crippen molar-refractivity contribution in [2.45, 2.75) is 25.3 Å². The van der Waals surface area contributed by atoms with E-state index in [2.05, 4.69) is 0 Å². The molecule has 1 saturated carbocycles. The summed E-state index contributed by atoms with van der Waals surface area (Å²) in [6.45, 7) is 1.32. The molecule has 2 rings (SSSR count). The van der Waals surface area contributed by atoms with Gasteiger partial charge in [0.25, 0.3) is 0 Å². The molecule has 0 aromatic carbocycles. The van der Waals surface area contributed by atoms with E-state index in [0.717, 1.165) is 6.42 Å². The smallest absolute Gasteiger partial charge is 0.306 e. The van der Waals surface area contributed by atoms with Crippen LogP contribution in [0, 0.1) is 5.92 Å². The van der Waals surface area contributed by atoms with Gasteiger partial charge in [-0.15, -0.1) is 0 Å². The zero-order valence-electron chi connectivity index (χ0n) is 8.52. The lowest BCUT2D eigenvalue weighted by atomic mass is 10.1. The van der Waals surface area contributed by atoms with Crippen molar-refractivity contribution in [1.29, 1.82) is 0 Å². The summed E-state index contributed by atoms with van der Waals surface area (Å²) in [7, 11) is 0. The van der Waals surface area contributed by atoms with E-state index in [-0.39, 0.29) is 24.5 Å². The number of hydrogen-bond acceptors (Lipinski definition) is 3. The average molecular weight is 213 g/mol. The van der Waals surface area contributed by atoms with Crippen molar-refractivity contribution in [1.82, 2.24) is 4.90 Å². The highest BCUT2D eigenvalue weighted by Crippen LogP contribution is 2.30. The van der Waals surface area contributed by atoms with Crippen molar-refractivity contribution in [3.63, 3.8) is 0 Å². The number of rotatable bonds is 2. The molecule has 2 aliphatic rings. The third-order valence-corrected chi connectivity index (χ3v) is 3.22. The summed E-state index contributed by atoms with van der Waals surface area (Å²) in [6, 6.07) is 0.113. The SMILES string of the molecule is O=C(O)C1CCC(N2CCOCC2=O)C1. The van der Waals surface area contributed by atoms with Crippen molar-refractivity contribution in [2.75, 3.05) is 19.8 Å². The van der Waals surface area contributed by atoms with Gasteiger partial charge in [-0.1, -0.05) is 0 Å². The Hall–Kier alpha value is -1.10. The molecular formula is C10H15NO4. The first-order chi connectivity index (χ1) is 7.18. The van der Waals surface area contributed by atoms with E-state index >= 15 is 0 Å². The number of hydrogen-bond donors (Lipinski definition) is 1. The number of ether oxygens (including phenoxy) is 1. The van der Waals surface area contributed by atoms with Crippen LogP contribution in [0.1, 0.15) is 19.3 Å². The molecule has 0 bridgehead atoms. The van der Waals surface area contributed by atoms with Crippen LogP contribution in [0.2, 0.25) is 0 Å². The fourth-order valence-electron chi connectivity index (χ4n) is 2.38. The molecular weight excluding hydrogens is 198 g/mol. The lowest BCUT2D eigenvalue weighted by Crippen LogP contribution is -2.46. The highest BCUT2D eigenvalue weighted by atomic mass is 16.5. The predicted molar refractivity (Wildman–Crippen MR) is 51.3 cm³/mol. The molecule has 0 aromatic heterocycles. The van der Waals surface area contributed by atoms with Crippen molar-refractivity contribution in [2.24, 2.45) is 5.92 Å². The van der Waals surface area contributed by atoms with Crippen LogP contribution < -0.4 is 0 Å². The summed E-state index contributed by atoms with van der Waals surface area (Å²) in [5.41, 5.74) is 0. The Balaban J connectivity index is 1.94. The van der Waals surface area contributed by atoms with E-state index < -0.39 is 5.97 Å². The molecule has 2 unspecified atom stereocenters. The van der Waals surface area contributed by atoms with Crippen LogP contribution in [0.5, 0.6) is 0 Å². The van der Waals surface area contributed by atoms with Gasteiger partial charge >= 0.3 is 5.97 Å². The Kier molecular flexibility index (Phi) is 2.90. The van der Waals surface area contributed by atoms with E-state index in [9.17, 15) is 9.59 Å². The predicted octanol–water partition coefficient (Wildman–Crippen LogP) is 0.0985. The largest absolute Gasteiger partial charge is 0.481 e. The Morgan fingerprint density at radius 3 is 2.87 bits per heavy atom. The van der Waals surface area contributed by atoms with Crippen molar-refractivity contribution in [3.05, 3.63) is 0 Å². The Morgan fingerprint density at radius 2 is 2.27 bits per heavy atom. The van der Waals surface area contributed by atoms with Crippen LogP contribution in [-0.2, 0) is 14.3 Å². The zero-order chi connectivity index (χ0) is 10.8. The topological polar surface area (TPSA) is 66.8 Å². The maximum Gasteiger partial charge on any atom is 0.306 e. The summed E-state index contributed by atoms with van der Waals surface area (Å²) in [5.74, 6) is -1.01. The van der Waals surface area contributed by atoms with Crippen molar-refractivity contribution >= 4 is 11.9 Å².